The SMILES string of the molecule is Cc1cccc(NC(=O)COc2ccccc2F)c1. The quantitative estimate of drug-likeness (QED) is 0.916. The number of hydrogen-bond acceptors (Lipinski definition) is 2. The normalized spacial score (nSPS) is 10.0. The van der Waals surface area contributed by atoms with E-state index in [1.807, 2.05) is 25.1 Å². The molecule has 0 fully saturated rings. The maximum atomic E-state index is 13.3. The molecule has 2 rings (SSSR count). The number of nitrogens with one attached hydrogen (secondary N) is 1. The van der Waals surface area contributed by atoms with Crippen LogP contribution < -0.4 is 10.1 Å². The summed E-state index contributed by atoms with van der Waals surface area (Å²) >= 11 is 0. The number of hydrogen-bond donors (Lipinski definition) is 1. The van der Waals surface area contributed by atoms with Gasteiger partial charge in [-0.1, -0.05) is 24.3 Å². The van der Waals surface area contributed by atoms with Crippen molar-refractivity contribution >= 4 is 11.6 Å². The molecule has 1 amide bonds. The summed E-state index contributed by atoms with van der Waals surface area (Å²) in [5.74, 6) is -0.735. The van der Waals surface area contributed by atoms with Gasteiger partial charge in [0.25, 0.3) is 5.91 Å². The second-order valence-corrected chi connectivity index (χ2v) is 4.14. The topological polar surface area (TPSA) is 38.3 Å². The number of aryl methyl sites for hydroxylation is 1. The van der Waals surface area contributed by atoms with Crippen molar-refractivity contribution in [2.24, 2.45) is 0 Å². The zero-order chi connectivity index (χ0) is 13.7. The fourth-order valence-corrected chi connectivity index (χ4v) is 1.62. The largest absolute Gasteiger partial charge is 0.481 e. The maximum absolute atomic E-state index is 13.3. The second-order valence-electron chi connectivity index (χ2n) is 4.14. The molecule has 0 aliphatic carbocycles. The maximum Gasteiger partial charge on any atom is 0.262 e. The van der Waals surface area contributed by atoms with Gasteiger partial charge in [0.1, 0.15) is 0 Å². The Morgan fingerprint density at radius 2 is 2.00 bits per heavy atom. The molecule has 1 N–H and O–H groups in total. The van der Waals surface area contributed by atoms with Gasteiger partial charge in [-0.25, -0.2) is 4.39 Å². The first kappa shape index (κ1) is 13.1. The van der Waals surface area contributed by atoms with E-state index in [1.54, 1.807) is 18.2 Å². The fourth-order valence-electron chi connectivity index (χ4n) is 1.62. The lowest BCUT2D eigenvalue weighted by atomic mass is 10.2. The summed E-state index contributed by atoms with van der Waals surface area (Å²) in [6.07, 6.45) is 0. The molecule has 0 unspecified atom stereocenters. The van der Waals surface area contributed by atoms with Gasteiger partial charge in [-0.3, -0.25) is 4.79 Å². The van der Waals surface area contributed by atoms with Crippen molar-refractivity contribution in [3.63, 3.8) is 0 Å². The zero-order valence-electron chi connectivity index (χ0n) is 10.5. The van der Waals surface area contributed by atoms with E-state index in [0.717, 1.165) is 5.56 Å². The van der Waals surface area contributed by atoms with Gasteiger partial charge < -0.3 is 10.1 Å². The Labute approximate surface area is 111 Å². The highest BCUT2D eigenvalue weighted by Crippen LogP contribution is 2.15. The molecular formula is C15H14FNO2. The minimum atomic E-state index is -0.481. The summed E-state index contributed by atoms with van der Waals surface area (Å²) in [6.45, 7) is 1.71. The number of benzene rings is 2. The van der Waals surface area contributed by atoms with Crippen LogP contribution in [0.4, 0.5) is 10.1 Å². The smallest absolute Gasteiger partial charge is 0.262 e. The average molecular weight is 259 g/mol. The lowest BCUT2D eigenvalue weighted by Crippen LogP contribution is -2.20. The van der Waals surface area contributed by atoms with Gasteiger partial charge in [0.15, 0.2) is 18.2 Å². The van der Waals surface area contributed by atoms with E-state index < -0.39 is 5.82 Å². The highest BCUT2D eigenvalue weighted by Gasteiger charge is 2.06. The Morgan fingerprint density at radius 1 is 1.21 bits per heavy atom. The minimum absolute atomic E-state index is 0.0712. The first-order valence-corrected chi connectivity index (χ1v) is 5.89. The van der Waals surface area contributed by atoms with Crippen LogP contribution in [0.5, 0.6) is 5.75 Å². The molecule has 2 aromatic carbocycles. The van der Waals surface area contributed by atoms with Crippen LogP contribution in [0.1, 0.15) is 5.56 Å². The molecule has 0 radical (unpaired) electrons. The summed E-state index contributed by atoms with van der Waals surface area (Å²) in [5.41, 5.74) is 1.75. The molecule has 0 spiro atoms. The van der Waals surface area contributed by atoms with Crippen LogP contribution in [0.2, 0.25) is 0 Å². The third-order valence-corrected chi connectivity index (χ3v) is 2.50. The van der Waals surface area contributed by atoms with Gasteiger partial charge >= 0.3 is 0 Å². The van der Waals surface area contributed by atoms with E-state index in [0.29, 0.717) is 5.69 Å². The number of carbonyl (C=O) groups excluding carboxylic acids is 1. The van der Waals surface area contributed by atoms with E-state index in [9.17, 15) is 9.18 Å². The average Bonchev–Trinajstić information content (AvgIpc) is 2.38. The Balaban J connectivity index is 1.90. The van der Waals surface area contributed by atoms with Crippen molar-refractivity contribution in [2.45, 2.75) is 6.92 Å². The summed E-state index contributed by atoms with van der Waals surface area (Å²) < 4.78 is 18.4. The van der Waals surface area contributed by atoms with E-state index in [2.05, 4.69) is 5.32 Å². The van der Waals surface area contributed by atoms with Crippen molar-refractivity contribution in [1.29, 1.82) is 0 Å². The molecule has 0 aliphatic rings. The summed E-state index contributed by atoms with van der Waals surface area (Å²) in [7, 11) is 0. The summed E-state index contributed by atoms with van der Waals surface area (Å²) in [6, 6.07) is 13.4. The molecular weight excluding hydrogens is 245 g/mol. The van der Waals surface area contributed by atoms with Crippen molar-refractivity contribution < 1.29 is 13.9 Å². The van der Waals surface area contributed by atoms with Crippen LogP contribution in [-0.4, -0.2) is 12.5 Å². The molecule has 0 heterocycles. The van der Waals surface area contributed by atoms with Crippen LogP contribution in [0.3, 0.4) is 0 Å². The predicted octanol–water partition coefficient (Wildman–Crippen LogP) is 3.15. The van der Waals surface area contributed by atoms with Crippen LogP contribution in [-0.2, 0) is 4.79 Å². The van der Waals surface area contributed by atoms with E-state index in [-0.39, 0.29) is 18.3 Å². The second kappa shape index (κ2) is 6.00. The monoisotopic (exact) mass is 259 g/mol. The molecule has 0 saturated heterocycles. The number of amides is 1. The van der Waals surface area contributed by atoms with Crippen LogP contribution in [0, 0.1) is 12.7 Å². The number of rotatable bonds is 4. The first-order chi connectivity index (χ1) is 9.15. The third-order valence-electron chi connectivity index (χ3n) is 2.50. The van der Waals surface area contributed by atoms with Crippen molar-refractivity contribution in [3.8, 4) is 5.75 Å². The zero-order valence-corrected chi connectivity index (χ0v) is 10.5. The van der Waals surface area contributed by atoms with Crippen molar-refractivity contribution in [2.75, 3.05) is 11.9 Å². The van der Waals surface area contributed by atoms with Crippen LogP contribution in [0.15, 0.2) is 48.5 Å². The lowest BCUT2D eigenvalue weighted by molar-refractivity contribution is -0.118. The Hall–Kier alpha value is -2.36. The van der Waals surface area contributed by atoms with Gasteiger partial charge in [0.05, 0.1) is 0 Å². The standard InChI is InChI=1S/C15H14FNO2/c1-11-5-4-6-12(9-11)17-15(18)10-19-14-8-3-2-7-13(14)16/h2-9H,10H2,1H3,(H,17,18). The number of para-hydroxylation sites is 1. The summed E-state index contributed by atoms with van der Waals surface area (Å²) in [5, 5.41) is 2.69. The highest BCUT2D eigenvalue weighted by atomic mass is 19.1. The third kappa shape index (κ3) is 3.81. The van der Waals surface area contributed by atoms with Crippen molar-refractivity contribution in [3.05, 3.63) is 59.9 Å². The van der Waals surface area contributed by atoms with Gasteiger partial charge in [-0.05, 0) is 36.8 Å². The molecule has 0 aliphatic heterocycles. The van der Waals surface area contributed by atoms with Crippen LogP contribution in [0.25, 0.3) is 0 Å². The molecule has 0 atom stereocenters. The first-order valence-electron chi connectivity index (χ1n) is 5.89. The molecule has 3 nitrogen and oxygen atoms in total. The number of carbonyl (C=O) groups is 1. The number of ether oxygens (including phenoxy) is 1. The number of halogens is 1. The molecule has 2 aromatic rings. The predicted molar refractivity (Wildman–Crippen MR) is 71.7 cm³/mol. The van der Waals surface area contributed by atoms with Crippen molar-refractivity contribution in [1.82, 2.24) is 0 Å². The van der Waals surface area contributed by atoms with Crippen LogP contribution >= 0.6 is 0 Å². The molecule has 0 bridgehead atoms. The Kier molecular flexibility index (Phi) is 4.13. The lowest BCUT2D eigenvalue weighted by Gasteiger charge is -2.08. The molecule has 19 heavy (non-hydrogen) atoms. The van der Waals surface area contributed by atoms with Gasteiger partial charge in [0, 0.05) is 5.69 Å². The van der Waals surface area contributed by atoms with Gasteiger partial charge in [-0.15, -0.1) is 0 Å². The molecule has 0 aromatic heterocycles. The fraction of sp³-hybridized carbons (Fsp3) is 0.133. The van der Waals surface area contributed by atoms with E-state index in [4.69, 9.17) is 4.74 Å². The molecule has 98 valence electrons. The summed E-state index contributed by atoms with van der Waals surface area (Å²) in [4.78, 5) is 11.6. The van der Waals surface area contributed by atoms with E-state index >= 15 is 0 Å². The van der Waals surface area contributed by atoms with Gasteiger partial charge in [-0.2, -0.15) is 0 Å². The Morgan fingerprint density at radius 3 is 2.74 bits per heavy atom. The highest BCUT2D eigenvalue weighted by molar-refractivity contribution is 5.91. The van der Waals surface area contributed by atoms with Gasteiger partial charge in [0.2, 0.25) is 0 Å². The number of anilines is 1. The molecule has 4 heteroatoms. The van der Waals surface area contributed by atoms with E-state index in [1.165, 1.54) is 12.1 Å². The minimum Gasteiger partial charge on any atom is -0.481 e. The Bertz CT molecular complexity index is 584. The molecule has 0 saturated carbocycles.